The van der Waals surface area contributed by atoms with E-state index < -0.39 is 11.2 Å². The number of carbonyl (C=O) groups excluding carboxylic acids is 1. The van der Waals surface area contributed by atoms with Crippen molar-refractivity contribution < 1.29 is 9.18 Å². The van der Waals surface area contributed by atoms with Gasteiger partial charge in [-0.15, -0.1) is 0 Å². The largest absolute Gasteiger partial charge is 0.392 e. The molecule has 0 aliphatic heterocycles. The average molecular weight is 273 g/mol. The van der Waals surface area contributed by atoms with E-state index in [1.165, 1.54) is 12.1 Å². The first kappa shape index (κ1) is 12.3. The Morgan fingerprint density at radius 2 is 2.18 bits per heavy atom. The lowest BCUT2D eigenvalue weighted by Crippen LogP contribution is -2.35. The molecule has 0 aromatic heterocycles. The number of carbonyl (C=O) groups is 1. The third-order valence-electron chi connectivity index (χ3n) is 2.84. The van der Waals surface area contributed by atoms with Gasteiger partial charge in [-0.05, 0) is 31.0 Å². The van der Waals surface area contributed by atoms with Gasteiger partial charge in [-0.25, -0.2) is 4.39 Å². The number of rotatable bonds is 3. The third-order valence-corrected chi connectivity index (χ3v) is 3.54. The van der Waals surface area contributed by atoms with Gasteiger partial charge in [-0.2, -0.15) is 0 Å². The lowest BCUT2D eigenvalue weighted by molar-refractivity contribution is -0.118. The summed E-state index contributed by atoms with van der Waals surface area (Å²) >= 11 is 10.7. The zero-order valence-corrected chi connectivity index (χ0v) is 10.4. The summed E-state index contributed by atoms with van der Waals surface area (Å²) in [5, 5.41) is 2.77. The zero-order valence-electron chi connectivity index (χ0n) is 8.80. The lowest BCUT2D eigenvalue weighted by atomic mass is 10.1. The first-order valence-electron chi connectivity index (χ1n) is 5.02. The standard InChI is InChI=1S/C11H10ClFN2OS/c12-7-5-6(13)1-2-8(7)15-10(16)11(3-4-11)9(14)17/h1-2,5H,3-4H2,(H2,14,17)(H,15,16). The SMILES string of the molecule is NC(=S)C1(C(=O)Nc2ccc(F)cc2Cl)CC1. The Bertz CT molecular complexity index is 502. The van der Waals surface area contributed by atoms with Crippen LogP contribution in [0.2, 0.25) is 5.02 Å². The lowest BCUT2D eigenvalue weighted by Gasteiger charge is -2.14. The number of nitrogens with two attached hydrogens (primary N) is 1. The van der Waals surface area contributed by atoms with Gasteiger partial charge in [0.05, 0.1) is 21.1 Å². The highest BCUT2D eigenvalue weighted by molar-refractivity contribution is 7.80. The molecule has 2 rings (SSSR count). The monoisotopic (exact) mass is 272 g/mol. The summed E-state index contributed by atoms with van der Waals surface area (Å²) in [4.78, 5) is 12.1. The topological polar surface area (TPSA) is 55.1 Å². The number of halogens is 2. The molecule has 0 heterocycles. The van der Waals surface area contributed by atoms with Crippen molar-refractivity contribution in [1.29, 1.82) is 0 Å². The fourth-order valence-corrected chi connectivity index (χ4v) is 2.05. The Hall–Kier alpha value is -1.20. The van der Waals surface area contributed by atoms with Crippen LogP contribution < -0.4 is 11.1 Å². The quantitative estimate of drug-likeness (QED) is 0.831. The van der Waals surface area contributed by atoms with Crippen LogP contribution in [0.3, 0.4) is 0 Å². The van der Waals surface area contributed by atoms with E-state index in [0.717, 1.165) is 6.07 Å². The predicted molar refractivity (Wildman–Crippen MR) is 68.5 cm³/mol. The summed E-state index contributed by atoms with van der Waals surface area (Å²) in [7, 11) is 0. The first-order chi connectivity index (χ1) is 7.95. The number of hydrogen-bond acceptors (Lipinski definition) is 2. The first-order valence-corrected chi connectivity index (χ1v) is 5.81. The Labute approximate surface area is 108 Å². The van der Waals surface area contributed by atoms with E-state index in [9.17, 15) is 9.18 Å². The van der Waals surface area contributed by atoms with Crippen molar-refractivity contribution >= 4 is 40.4 Å². The number of benzene rings is 1. The molecule has 0 unspecified atom stereocenters. The molecule has 3 N–H and O–H groups in total. The molecular formula is C11H10ClFN2OS. The summed E-state index contributed by atoms with van der Waals surface area (Å²) < 4.78 is 12.8. The maximum absolute atomic E-state index is 12.8. The number of thiocarbonyl (C=S) groups is 1. The normalized spacial score (nSPS) is 16.4. The fourth-order valence-electron chi connectivity index (χ4n) is 1.54. The van der Waals surface area contributed by atoms with Crippen LogP contribution in [-0.4, -0.2) is 10.9 Å². The van der Waals surface area contributed by atoms with Gasteiger partial charge in [-0.1, -0.05) is 23.8 Å². The van der Waals surface area contributed by atoms with Crippen molar-refractivity contribution in [3.63, 3.8) is 0 Å². The Morgan fingerprint density at radius 3 is 2.65 bits per heavy atom. The number of hydrogen-bond donors (Lipinski definition) is 2. The van der Waals surface area contributed by atoms with Gasteiger partial charge in [0.1, 0.15) is 5.82 Å². The summed E-state index contributed by atoms with van der Waals surface area (Å²) in [6.45, 7) is 0. The van der Waals surface area contributed by atoms with E-state index in [0.29, 0.717) is 18.5 Å². The van der Waals surface area contributed by atoms with E-state index in [2.05, 4.69) is 5.32 Å². The number of amides is 1. The molecule has 1 amide bonds. The van der Waals surface area contributed by atoms with Crippen LogP contribution in [0.4, 0.5) is 10.1 Å². The van der Waals surface area contributed by atoms with Gasteiger partial charge in [0.25, 0.3) is 0 Å². The third kappa shape index (κ3) is 2.25. The second kappa shape index (κ2) is 4.23. The molecule has 0 saturated heterocycles. The molecule has 0 bridgehead atoms. The highest BCUT2D eigenvalue weighted by atomic mass is 35.5. The molecule has 1 aromatic carbocycles. The Morgan fingerprint density at radius 1 is 1.53 bits per heavy atom. The molecule has 1 aromatic rings. The molecule has 3 nitrogen and oxygen atoms in total. The maximum atomic E-state index is 12.8. The van der Waals surface area contributed by atoms with Crippen LogP contribution in [0.1, 0.15) is 12.8 Å². The predicted octanol–water partition coefficient (Wildman–Crippen LogP) is 2.48. The van der Waals surface area contributed by atoms with E-state index in [4.69, 9.17) is 29.6 Å². The van der Waals surface area contributed by atoms with E-state index >= 15 is 0 Å². The maximum Gasteiger partial charge on any atom is 0.237 e. The zero-order chi connectivity index (χ0) is 12.6. The molecule has 0 spiro atoms. The molecule has 90 valence electrons. The summed E-state index contributed by atoms with van der Waals surface area (Å²) in [5.41, 5.74) is 5.15. The second-order valence-electron chi connectivity index (χ2n) is 4.02. The van der Waals surface area contributed by atoms with Gasteiger partial charge in [0.15, 0.2) is 0 Å². The van der Waals surface area contributed by atoms with Crippen LogP contribution in [-0.2, 0) is 4.79 Å². The van der Waals surface area contributed by atoms with Crippen LogP contribution in [0.25, 0.3) is 0 Å². The molecule has 1 saturated carbocycles. The van der Waals surface area contributed by atoms with Gasteiger partial charge < -0.3 is 11.1 Å². The highest BCUT2D eigenvalue weighted by Crippen LogP contribution is 2.47. The second-order valence-corrected chi connectivity index (χ2v) is 4.87. The Kier molecular flexibility index (Phi) is 3.05. The van der Waals surface area contributed by atoms with Crippen molar-refractivity contribution in [2.75, 3.05) is 5.32 Å². The summed E-state index contributed by atoms with van der Waals surface area (Å²) in [6.07, 6.45) is 1.29. The van der Waals surface area contributed by atoms with Gasteiger partial charge in [-0.3, -0.25) is 4.79 Å². The molecule has 1 aliphatic rings. The summed E-state index contributed by atoms with van der Waals surface area (Å²) in [5.74, 6) is -0.734. The van der Waals surface area contributed by atoms with Crippen molar-refractivity contribution in [2.45, 2.75) is 12.8 Å². The van der Waals surface area contributed by atoms with E-state index in [1.807, 2.05) is 0 Å². The fraction of sp³-hybridized carbons (Fsp3) is 0.273. The number of nitrogens with one attached hydrogen (secondary N) is 1. The van der Waals surface area contributed by atoms with E-state index in [1.54, 1.807) is 0 Å². The molecular weight excluding hydrogens is 263 g/mol. The van der Waals surface area contributed by atoms with E-state index in [-0.39, 0.29) is 15.9 Å². The van der Waals surface area contributed by atoms with Crippen molar-refractivity contribution in [2.24, 2.45) is 11.1 Å². The smallest absolute Gasteiger partial charge is 0.237 e. The van der Waals surface area contributed by atoms with Crippen LogP contribution >= 0.6 is 23.8 Å². The van der Waals surface area contributed by atoms with Crippen molar-refractivity contribution in [3.8, 4) is 0 Å². The molecule has 0 atom stereocenters. The number of anilines is 1. The Balaban J connectivity index is 2.17. The van der Waals surface area contributed by atoms with Gasteiger partial charge in [0, 0.05) is 0 Å². The molecule has 1 fully saturated rings. The minimum Gasteiger partial charge on any atom is -0.392 e. The van der Waals surface area contributed by atoms with Gasteiger partial charge >= 0.3 is 0 Å². The average Bonchev–Trinajstić information content (AvgIpc) is 3.02. The van der Waals surface area contributed by atoms with Crippen molar-refractivity contribution in [3.05, 3.63) is 29.0 Å². The molecule has 17 heavy (non-hydrogen) atoms. The highest BCUT2D eigenvalue weighted by Gasteiger charge is 2.52. The minimum atomic E-state index is -0.743. The summed E-state index contributed by atoms with van der Waals surface area (Å²) in [6, 6.07) is 3.77. The van der Waals surface area contributed by atoms with Crippen LogP contribution in [0.15, 0.2) is 18.2 Å². The van der Waals surface area contributed by atoms with Crippen molar-refractivity contribution in [1.82, 2.24) is 0 Å². The molecule has 1 aliphatic carbocycles. The van der Waals surface area contributed by atoms with Crippen LogP contribution in [0, 0.1) is 11.2 Å². The van der Waals surface area contributed by atoms with Gasteiger partial charge in [0.2, 0.25) is 5.91 Å². The molecule has 6 heteroatoms. The van der Waals surface area contributed by atoms with Crippen LogP contribution in [0.5, 0.6) is 0 Å². The minimum absolute atomic E-state index is 0.150. The molecule has 0 radical (unpaired) electrons.